The molecule has 0 aromatic carbocycles. The van der Waals surface area contributed by atoms with E-state index in [9.17, 15) is 0 Å². The van der Waals surface area contributed by atoms with Crippen molar-refractivity contribution < 1.29 is 9.47 Å². The maximum absolute atomic E-state index is 6.06. The van der Waals surface area contributed by atoms with Crippen LogP contribution in [0.3, 0.4) is 0 Å². The van der Waals surface area contributed by atoms with Crippen molar-refractivity contribution in [2.75, 3.05) is 26.8 Å². The molecule has 1 aromatic rings. The average molecular weight is 520 g/mol. The second-order valence-electron chi connectivity index (χ2n) is 7.68. The van der Waals surface area contributed by atoms with Crippen LogP contribution >= 0.6 is 24.0 Å². The first-order chi connectivity index (χ1) is 13.8. The lowest BCUT2D eigenvalue weighted by Gasteiger charge is -2.25. The van der Waals surface area contributed by atoms with Gasteiger partial charge in [0.05, 0.1) is 25.8 Å². The van der Waals surface area contributed by atoms with E-state index in [1.165, 1.54) is 38.5 Å². The molecule has 1 aliphatic carbocycles. The summed E-state index contributed by atoms with van der Waals surface area (Å²) in [6.45, 7) is 5.57. The molecule has 0 saturated heterocycles. The van der Waals surface area contributed by atoms with Crippen LogP contribution in [0.5, 0.6) is 0 Å². The Morgan fingerprint density at radius 2 is 2.00 bits per heavy atom. The second-order valence-corrected chi connectivity index (χ2v) is 7.68. The molecule has 9 heteroatoms. The Bertz CT molecular complexity index is 616. The first-order valence-corrected chi connectivity index (χ1v) is 10.9. The lowest BCUT2D eigenvalue weighted by atomic mass is 10.1. The molecule has 0 bridgehead atoms. The van der Waals surface area contributed by atoms with Gasteiger partial charge in [0.1, 0.15) is 12.4 Å². The van der Waals surface area contributed by atoms with Gasteiger partial charge in [-0.1, -0.05) is 25.7 Å². The fourth-order valence-electron chi connectivity index (χ4n) is 3.97. The number of hydrogen-bond acceptors (Lipinski definition) is 5. The summed E-state index contributed by atoms with van der Waals surface area (Å²) in [5.74, 6) is 2.66. The Hall–Kier alpha value is -0.940. The van der Waals surface area contributed by atoms with Gasteiger partial charge in [0, 0.05) is 26.1 Å². The lowest BCUT2D eigenvalue weighted by molar-refractivity contribution is 0.0487. The SMILES string of the molecule is CCNC(=NCCOC1CCCCCC1)NC1CCc2nc(COC)nn2C1.I. The van der Waals surface area contributed by atoms with Crippen LogP contribution in [0, 0.1) is 0 Å². The maximum atomic E-state index is 6.06. The van der Waals surface area contributed by atoms with Crippen molar-refractivity contribution in [2.24, 2.45) is 4.99 Å². The van der Waals surface area contributed by atoms with Crippen LogP contribution in [-0.4, -0.2) is 59.7 Å². The summed E-state index contributed by atoms with van der Waals surface area (Å²) in [6, 6.07) is 0.296. The zero-order valence-corrected chi connectivity index (χ0v) is 20.2. The summed E-state index contributed by atoms with van der Waals surface area (Å²) >= 11 is 0. The van der Waals surface area contributed by atoms with E-state index in [4.69, 9.17) is 14.5 Å². The smallest absolute Gasteiger partial charge is 0.191 e. The Kier molecular flexibility index (Phi) is 11.2. The summed E-state index contributed by atoms with van der Waals surface area (Å²) in [5, 5.41) is 11.4. The molecule has 1 aliphatic heterocycles. The topological polar surface area (TPSA) is 85.6 Å². The number of guanidine groups is 1. The highest BCUT2D eigenvalue weighted by molar-refractivity contribution is 14.0. The molecule has 29 heavy (non-hydrogen) atoms. The first-order valence-electron chi connectivity index (χ1n) is 10.9. The normalized spacial score (nSPS) is 20.5. The minimum absolute atomic E-state index is 0. The monoisotopic (exact) mass is 520 g/mol. The molecule has 2 aliphatic rings. The number of ether oxygens (including phenoxy) is 2. The van der Waals surface area contributed by atoms with Crippen molar-refractivity contribution in [3.05, 3.63) is 11.6 Å². The number of nitrogens with zero attached hydrogens (tertiary/aromatic N) is 4. The molecule has 166 valence electrons. The molecule has 0 amide bonds. The highest BCUT2D eigenvalue weighted by Gasteiger charge is 2.22. The number of fused-ring (bicyclic) bond motifs is 1. The van der Waals surface area contributed by atoms with Gasteiger partial charge in [0.15, 0.2) is 11.8 Å². The second kappa shape index (κ2) is 13.4. The van der Waals surface area contributed by atoms with Crippen molar-refractivity contribution in [2.45, 2.75) is 83.6 Å². The molecular weight excluding hydrogens is 483 g/mol. The molecule has 0 radical (unpaired) electrons. The number of aryl methyl sites for hydroxylation is 1. The summed E-state index contributed by atoms with van der Waals surface area (Å²) in [6.07, 6.45) is 10.1. The van der Waals surface area contributed by atoms with Gasteiger partial charge in [-0.25, -0.2) is 9.67 Å². The quantitative estimate of drug-likeness (QED) is 0.180. The van der Waals surface area contributed by atoms with E-state index in [-0.39, 0.29) is 24.0 Å². The largest absolute Gasteiger partial charge is 0.377 e. The van der Waals surface area contributed by atoms with Crippen LogP contribution in [0.15, 0.2) is 4.99 Å². The number of rotatable bonds is 8. The molecule has 3 rings (SSSR count). The third-order valence-corrected chi connectivity index (χ3v) is 5.38. The van der Waals surface area contributed by atoms with Gasteiger partial charge in [-0.3, -0.25) is 4.99 Å². The van der Waals surface area contributed by atoms with Crippen molar-refractivity contribution >= 4 is 29.9 Å². The van der Waals surface area contributed by atoms with Gasteiger partial charge < -0.3 is 20.1 Å². The molecule has 1 aromatic heterocycles. The highest BCUT2D eigenvalue weighted by atomic mass is 127. The van der Waals surface area contributed by atoms with Crippen LogP contribution in [0.1, 0.15) is 63.5 Å². The molecule has 2 N–H and O–H groups in total. The summed E-state index contributed by atoms with van der Waals surface area (Å²) in [7, 11) is 1.67. The molecule has 2 heterocycles. The molecule has 0 spiro atoms. The minimum Gasteiger partial charge on any atom is -0.377 e. The van der Waals surface area contributed by atoms with Gasteiger partial charge >= 0.3 is 0 Å². The number of halogens is 1. The third-order valence-electron chi connectivity index (χ3n) is 5.38. The first kappa shape index (κ1) is 24.3. The Labute approximate surface area is 191 Å². The van der Waals surface area contributed by atoms with Gasteiger partial charge in [-0.2, -0.15) is 5.10 Å². The van der Waals surface area contributed by atoms with Gasteiger partial charge in [-0.05, 0) is 26.2 Å². The fraction of sp³-hybridized carbons (Fsp3) is 0.850. The van der Waals surface area contributed by atoms with E-state index in [0.717, 1.165) is 43.5 Å². The maximum Gasteiger partial charge on any atom is 0.191 e. The van der Waals surface area contributed by atoms with Crippen molar-refractivity contribution in [1.29, 1.82) is 0 Å². The number of aromatic nitrogens is 3. The van der Waals surface area contributed by atoms with Gasteiger partial charge in [-0.15, -0.1) is 24.0 Å². The van der Waals surface area contributed by atoms with Crippen molar-refractivity contribution in [3.63, 3.8) is 0 Å². The zero-order chi connectivity index (χ0) is 19.6. The fourth-order valence-corrected chi connectivity index (χ4v) is 3.97. The number of aliphatic imine (C=N–C) groups is 1. The molecule has 1 atom stereocenters. The van der Waals surface area contributed by atoms with E-state index >= 15 is 0 Å². The molecular formula is C20H37IN6O2. The molecule has 8 nitrogen and oxygen atoms in total. The minimum atomic E-state index is 0. The van der Waals surface area contributed by atoms with Crippen molar-refractivity contribution in [1.82, 2.24) is 25.4 Å². The van der Waals surface area contributed by atoms with Crippen molar-refractivity contribution in [3.8, 4) is 0 Å². The number of nitrogens with one attached hydrogen (secondary N) is 2. The van der Waals surface area contributed by atoms with Crippen LogP contribution in [0.4, 0.5) is 0 Å². The summed E-state index contributed by atoms with van der Waals surface area (Å²) < 4.78 is 13.2. The zero-order valence-electron chi connectivity index (χ0n) is 17.9. The third kappa shape index (κ3) is 8.01. The van der Waals surface area contributed by atoms with Crippen LogP contribution in [0.2, 0.25) is 0 Å². The Morgan fingerprint density at radius 1 is 1.21 bits per heavy atom. The van der Waals surface area contributed by atoms with Crippen LogP contribution in [-0.2, 0) is 29.0 Å². The average Bonchev–Trinajstić information content (AvgIpc) is 2.90. The van der Waals surface area contributed by atoms with E-state index < -0.39 is 0 Å². The van der Waals surface area contributed by atoms with Crippen LogP contribution < -0.4 is 10.6 Å². The Morgan fingerprint density at radius 3 is 2.72 bits per heavy atom. The molecule has 1 unspecified atom stereocenters. The van der Waals surface area contributed by atoms with E-state index in [1.807, 2.05) is 4.68 Å². The lowest BCUT2D eigenvalue weighted by Crippen LogP contribution is -2.47. The Balaban J connectivity index is 0.00000300. The number of hydrogen-bond donors (Lipinski definition) is 2. The van der Waals surface area contributed by atoms with E-state index in [1.54, 1.807) is 7.11 Å². The standard InChI is InChI=1S/C20H36N6O2.HI/c1-3-21-20(22-12-13-28-17-8-6-4-5-7-9-17)23-16-10-11-19-24-18(15-27-2)25-26(19)14-16;/h16-17H,3-15H2,1-2H3,(H2,21,22,23);1H. The van der Waals surface area contributed by atoms with E-state index in [2.05, 4.69) is 27.6 Å². The predicted octanol–water partition coefficient (Wildman–Crippen LogP) is 2.65. The molecule has 1 saturated carbocycles. The predicted molar refractivity (Wildman–Crippen MR) is 125 cm³/mol. The summed E-state index contributed by atoms with van der Waals surface area (Å²) in [4.78, 5) is 9.25. The van der Waals surface area contributed by atoms with E-state index in [0.29, 0.717) is 31.9 Å². The summed E-state index contributed by atoms with van der Waals surface area (Å²) in [5.41, 5.74) is 0. The molecule has 1 fully saturated rings. The highest BCUT2D eigenvalue weighted by Crippen LogP contribution is 2.19. The van der Waals surface area contributed by atoms with Crippen LogP contribution in [0.25, 0.3) is 0 Å². The number of methoxy groups -OCH3 is 1. The van der Waals surface area contributed by atoms with Gasteiger partial charge in [0.25, 0.3) is 0 Å². The van der Waals surface area contributed by atoms with Gasteiger partial charge in [0.2, 0.25) is 0 Å².